The van der Waals surface area contributed by atoms with Crippen molar-refractivity contribution in [2.45, 2.75) is 50.2 Å². The van der Waals surface area contributed by atoms with Gasteiger partial charge in [0.1, 0.15) is 0 Å². The van der Waals surface area contributed by atoms with Crippen LogP contribution in [-0.4, -0.2) is 37.5 Å². The highest BCUT2D eigenvalue weighted by atomic mass is 32.2. The van der Waals surface area contributed by atoms with Crippen molar-refractivity contribution in [3.63, 3.8) is 0 Å². The highest BCUT2D eigenvalue weighted by molar-refractivity contribution is 7.99. The van der Waals surface area contributed by atoms with Crippen LogP contribution in [0.4, 0.5) is 5.69 Å². The SMILES string of the molecule is Cc1cc(C)cc(CSCC(=O)Nc2ccc(S(=O)(=O)N3CCCCCC3)cc2)c1. The molecule has 5 nitrogen and oxygen atoms in total. The van der Waals surface area contributed by atoms with Gasteiger partial charge in [-0.2, -0.15) is 4.31 Å². The van der Waals surface area contributed by atoms with Gasteiger partial charge in [0.05, 0.1) is 10.6 Å². The zero-order valence-corrected chi connectivity index (χ0v) is 19.3. The molecule has 30 heavy (non-hydrogen) atoms. The number of aryl methyl sites for hydroxylation is 2. The van der Waals surface area contributed by atoms with Crippen LogP contribution in [0.3, 0.4) is 0 Å². The first kappa shape index (κ1) is 22.8. The molecule has 1 heterocycles. The van der Waals surface area contributed by atoms with Gasteiger partial charge >= 0.3 is 0 Å². The predicted octanol–water partition coefficient (Wildman–Crippen LogP) is 4.74. The van der Waals surface area contributed by atoms with Gasteiger partial charge in [-0.05, 0) is 56.5 Å². The van der Waals surface area contributed by atoms with E-state index in [0.29, 0.717) is 24.5 Å². The van der Waals surface area contributed by atoms with Crippen molar-refractivity contribution in [2.75, 3.05) is 24.2 Å². The molecule has 7 heteroatoms. The number of thioether (sulfide) groups is 1. The van der Waals surface area contributed by atoms with Gasteiger partial charge in [0.25, 0.3) is 0 Å². The third kappa shape index (κ3) is 6.33. The molecule has 1 aliphatic heterocycles. The summed E-state index contributed by atoms with van der Waals surface area (Å²) in [5.74, 6) is 1.04. The molecule has 3 rings (SSSR count). The molecule has 2 aromatic carbocycles. The summed E-state index contributed by atoms with van der Waals surface area (Å²) in [6.07, 6.45) is 3.98. The molecular formula is C23H30N2O3S2. The Morgan fingerprint density at radius 3 is 2.17 bits per heavy atom. The second-order valence-corrected chi connectivity index (χ2v) is 10.8. The maximum Gasteiger partial charge on any atom is 0.243 e. The molecule has 0 unspecified atom stereocenters. The lowest BCUT2D eigenvalue weighted by molar-refractivity contribution is -0.113. The summed E-state index contributed by atoms with van der Waals surface area (Å²) in [6.45, 7) is 5.31. The van der Waals surface area contributed by atoms with Crippen LogP contribution in [0.5, 0.6) is 0 Å². The molecule has 0 saturated carbocycles. The maximum absolute atomic E-state index is 12.8. The Balaban J connectivity index is 1.52. The number of amides is 1. The molecule has 1 N–H and O–H groups in total. The predicted molar refractivity (Wildman–Crippen MR) is 124 cm³/mol. The number of nitrogens with one attached hydrogen (secondary N) is 1. The Morgan fingerprint density at radius 2 is 1.57 bits per heavy atom. The molecule has 1 amide bonds. The zero-order chi connectivity index (χ0) is 21.6. The van der Waals surface area contributed by atoms with E-state index < -0.39 is 10.0 Å². The van der Waals surface area contributed by atoms with Gasteiger partial charge in [-0.1, -0.05) is 42.2 Å². The van der Waals surface area contributed by atoms with Crippen molar-refractivity contribution in [1.29, 1.82) is 0 Å². The van der Waals surface area contributed by atoms with Crippen LogP contribution in [0.2, 0.25) is 0 Å². The summed E-state index contributed by atoms with van der Waals surface area (Å²) in [5.41, 5.74) is 4.28. The molecule has 0 radical (unpaired) electrons. The second-order valence-electron chi connectivity index (χ2n) is 7.88. The van der Waals surface area contributed by atoms with E-state index in [0.717, 1.165) is 31.4 Å². The van der Waals surface area contributed by atoms with Crippen LogP contribution >= 0.6 is 11.8 Å². The third-order valence-corrected chi connectivity index (χ3v) is 8.04. The first-order valence-corrected chi connectivity index (χ1v) is 13.0. The Labute approximate surface area is 184 Å². The summed E-state index contributed by atoms with van der Waals surface area (Å²) in [5, 5.41) is 2.85. The van der Waals surface area contributed by atoms with Crippen molar-refractivity contribution < 1.29 is 13.2 Å². The monoisotopic (exact) mass is 446 g/mol. The number of rotatable bonds is 7. The van der Waals surface area contributed by atoms with Crippen molar-refractivity contribution in [3.05, 3.63) is 59.2 Å². The van der Waals surface area contributed by atoms with E-state index in [1.165, 1.54) is 16.7 Å². The van der Waals surface area contributed by atoms with Crippen molar-refractivity contribution >= 4 is 33.4 Å². The molecule has 1 aliphatic rings. The number of carbonyl (C=O) groups is 1. The van der Waals surface area contributed by atoms with E-state index in [2.05, 4.69) is 37.4 Å². The van der Waals surface area contributed by atoms with Gasteiger partial charge in [-0.25, -0.2) is 8.42 Å². The lowest BCUT2D eigenvalue weighted by atomic mass is 10.1. The fraction of sp³-hybridized carbons (Fsp3) is 0.435. The Kier molecular flexibility index (Phi) is 7.97. The number of nitrogens with zero attached hydrogens (tertiary/aromatic N) is 1. The number of benzene rings is 2. The standard InChI is InChI=1S/C23H30N2O3S2/c1-18-13-19(2)15-20(14-18)16-29-17-23(26)24-21-7-9-22(10-8-21)30(27,28)25-11-5-3-4-6-12-25/h7-10,13-15H,3-6,11-12,16-17H2,1-2H3,(H,24,26). The fourth-order valence-corrected chi connectivity index (χ4v) is 6.03. The van der Waals surface area contributed by atoms with Gasteiger partial charge in [-0.15, -0.1) is 11.8 Å². The van der Waals surface area contributed by atoms with Gasteiger partial charge in [0.15, 0.2) is 0 Å². The minimum absolute atomic E-state index is 0.0903. The molecule has 162 valence electrons. The first-order chi connectivity index (χ1) is 14.3. The van der Waals surface area contributed by atoms with Crippen LogP contribution in [0.1, 0.15) is 42.4 Å². The quantitative estimate of drug-likeness (QED) is 0.667. The van der Waals surface area contributed by atoms with Crippen LogP contribution in [0.15, 0.2) is 47.4 Å². The van der Waals surface area contributed by atoms with Crippen molar-refractivity contribution in [1.82, 2.24) is 4.31 Å². The summed E-state index contributed by atoms with van der Waals surface area (Å²) in [4.78, 5) is 12.5. The minimum atomic E-state index is -3.47. The summed E-state index contributed by atoms with van der Waals surface area (Å²) in [6, 6.07) is 12.9. The van der Waals surface area contributed by atoms with Gasteiger partial charge < -0.3 is 5.32 Å². The topological polar surface area (TPSA) is 66.5 Å². The Morgan fingerprint density at radius 1 is 0.967 bits per heavy atom. The smallest absolute Gasteiger partial charge is 0.243 e. The average Bonchev–Trinajstić information content (AvgIpc) is 2.98. The van der Waals surface area contributed by atoms with Crippen LogP contribution in [0, 0.1) is 13.8 Å². The number of hydrogen-bond donors (Lipinski definition) is 1. The summed E-state index contributed by atoms with van der Waals surface area (Å²) in [7, 11) is -3.47. The Bertz CT molecular complexity index is 944. The van der Waals surface area contributed by atoms with Crippen molar-refractivity contribution in [3.8, 4) is 0 Å². The van der Waals surface area contributed by atoms with E-state index in [1.807, 2.05) is 0 Å². The lowest BCUT2D eigenvalue weighted by Gasteiger charge is -2.20. The van der Waals surface area contributed by atoms with Gasteiger partial charge in [0, 0.05) is 24.5 Å². The fourth-order valence-electron chi connectivity index (χ4n) is 3.75. The molecule has 0 bridgehead atoms. The maximum atomic E-state index is 12.8. The van der Waals surface area contributed by atoms with E-state index in [9.17, 15) is 13.2 Å². The van der Waals surface area contributed by atoms with E-state index in [1.54, 1.807) is 40.3 Å². The lowest BCUT2D eigenvalue weighted by Crippen LogP contribution is -2.31. The molecule has 0 spiro atoms. The van der Waals surface area contributed by atoms with Gasteiger partial charge in [0.2, 0.25) is 15.9 Å². The third-order valence-electron chi connectivity index (χ3n) is 5.12. The normalized spacial score (nSPS) is 15.5. The van der Waals surface area contributed by atoms with Crippen molar-refractivity contribution in [2.24, 2.45) is 0 Å². The minimum Gasteiger partial charge on any atom is -0.325 e. The van der Waals surface area contributed by atoms with Gasteiger partial charge in [-0.3, -0.25) is 4.79 Å². The zero-order valence-electron chi connectivity index (χ0n) is 17.7. The van der Waals surface area contributed by atoms with Crippen LogP contribution in [0.25, 0.3) is 0 Å². The molecule has 0 aliphatic carbocycles. The highest BCUT2D eigenvalue weighted by Gasteiger charge is 2.24. The molecule has 1 fully saturated rings. The number of sulfonamides is 1. The summed E-state index contributed by atoms with van der Waals surface area (Å²) < 4.78 is 27.2. The molecule has 1 saturated heterocycles. The van der Waals surface area contributed by atoms with Crippen LogP contribution < -0.4 is 5.32 Å². The van der Waals surface area contributed by atoms with Crippen LogP contribution in [-0.2, 0) is 20.6 Å². The Hall–Kier alpha value is -1.83. The molecule has 0 aromatic heterocycles. The first-order valence-electron chi connectivity index (χ1n) is 10.4. The number of carbonyl (C=O) groups excluding carboxylic acids is 1. The number of anilines is 1. The number of hydrogen-bond acceptors (Lipinski definition) is 4. The molecule has 0 atom stereocenters. The second kappa shape index (κ2) is 10.5. The highest BCUT2D eigenvalue weighted by Crippen LogP contribution is 2.22. The van der Waals surface area contributed by atoms with E-state index in [-0.39, 0.29) is 10.8 Å². The van der Waals surface area contributed by atoms with E-state index >= 15 is 0 Å². The largest absolute Gasteiger partial charge is 0.325 e. The summed E-state index contributed by atoms with van der Waals surface area (Å²) >= 11 is 1.56. The molecular weight excluding hydrogens is 416 g/mol. The molecule has 2 aromatic rings. The van der Waals surface area contributed by atoms with E-state index in [4.69, 9.17) is 0 Å². The average molecular weight is 447 g/mol.